The molecule has 6 heteroatoms. The van der Waals surface area contributed by atoms with Crippen LogP contribution in [-0.2, 0) is 11.2 Å². The number of thioether (sulfide) groups is 1. The minimum absolute atomic E-state index is 0.0257. The second-order valence-electron chi connectivity index (χ2n) is 5.96. The molecule has 1 aromatic rings. The van der Waals surface area contributed by atoms with Gasteiger partial charge in [-0.15, -0.1) is 0 Å². The van der Waals surface area contributed by atoms with Crippen LogP contribution in [0.4, 0.5) is 4.79 Å². The van der Waals surface area contributed by atoms with Crippen molar-refractivity contribution in [1.82, 2.24) is 9.80 Å². The van der Waals surface area contributed by atoms with Crippen LogP contribution in [0.25, 0.3) is 0 Å². The van der Waals surface area contributed by atoms with E-state index < -0.39 is 0 Å². The van der Waals surface area contributed by atoms with E-state index in [0.29, 0.717) is 25.1 Å². The van der Waals surface area contributed by atoms with E-state index in [2.05, 4.69) is 6.92 Å². The molecule has 3 amide bonds. The second kappa shape index (κ2) is 6.74. The van der Waals surface area contributed by atoms with E-state index >= 15 is 0 Å². The molecule has 2 saturated heterocycles. The second-order valence-corrected chi connectivity index (χ2v) is 6.89. The molecule has 1 atom stereocenters. The lowest BCUT2D eigenvalue weighted by Crippen LogP contribution is -2.41. The van der Waals surface area contributed by atoms with Gasteiger partial charge in [-0.05, 0) is 30.5 Å². The van der Waals surface area contributed by atoms with Crippen LogP contribution in [0.15, 0.2) is 24.3 Å². The number of carbonyl (C=O) groups is 3. The highest BCUT2D eigenvalue weighted by atomic mass is 32.2. The first-order valence-corrected chi connectivity index (χ1v) is 8.95. The van der Waals surface area contributed by atoms with E-state index in [0.717, 1.165) is 24.6 Å². The molecule has 2 heterocycles. The summed E-state index contributed by atoms with van der Waals surface area (Å²) in [4.78, 5) is 39.2. The Morgan fingerprint density at radius 2 is 2.00 bits per heavy atom. The Labute approximate surface area is 140 Å². The minimum atomic E-state index is -0.182. The number of hydrogen-bond donors (Lipinski definition) is 0. The normalized spacial score (nSPS) is 21.3. The van der Waals surface area contributed by atoms with Crippen molar-refractivity contribution in [3.8, 4) is 0 Å². The van der Waals surface area contributed by atoms with Gasteiger partial charge in [-0.3, -0.25) is 19.3 Å². The van der Waals surface area contributed by atoms with E-state index in [1.165, 1.54) is 10.5 Å². The van der Waals surface area contributed by atoms with Crippen molar-refractivity contribution in [2.75, 3.05) is 18.8 Å². The highest BCUT2D eigenvalue weighted by Crippen LogP contribution is 2.26. The molecule has 122 valence electrons. The van der Waals surface area contributed by atoms with Crippen LogP contribution in [0.2, 0.25) is 0 Å². The maximum atomic E-state index is 12.6. The summed E-state index contributed by atoms with van der Waals surface area (Å²) in [6, 6.07) is 7.54. The van der Waals surface area contributed by atoms with E-state index in [-0.39, 0.29) is 28.8 Å². The van der Waals surface area contributed by atoms with Crippen molar-refractivity contribution in [3.05, 3.63) is 35.4 Å². The highest BCUT2D eigenvalue weighted by Gasteiger charge is 2.40. The molecule has 0 aliphatic carbocycles. The van der Waals surface area contributed by atoms with Gasteiger partial charge in [-0.25, -0.2) is 0 Å². The third-order valence-electron chi connectivity index (χ3n) is 4.34. The molecule has 2 aliphatic heterocycles. The Morgan fingerprint density at radius 1 is 1.26 bits per heavy atom. The molecule has 0 bridgehead atoms. The first-order chi connectivity index (χ1) is 11.1. The number of nitrogens with zero attached hydrogens (tertiary/aromatic N) is 2. The first kappa shape index (κ1) is 16.1. The van der Waals surface area contributed by atoms with Gasteiger partial charge in [0.1, 0.15) is 0 Å². The van der Waals surface area contributed by atoms with Gasteiger partial charge >= 0.3 is 0 Å². The fourth-order valence-corrected chi connectivity index (χ4v) is 3.92. The fraction of sp³-hybridized carbons (Fsp3) is 0.471. The summed E-state index contributed by atoms with van der Waals surface area (Å²) in [5.74, 6) is 0.0628. The number of imide groups is 1. The van der Waals surface area contributed by atoms with Crippen LogP contribution in [-0.4, -0.2) is 51.7 Å². The Kier molecular flexibility index (Phi) is 4.71. The van der Waals surface area contributed by atoms with Crippen LogP contribution in [0.1, 0.15) is 35.7 Å². The van der Waals surface area contributed by atoms with Gasteiger partial charge in [0.2, 0.25) is 5.91 Å². The van der Waals surface area contributed by atoms with Crippen molar-refractivity contribution in [2.45, 2.75) is 32.2 Å². The average Bonchev–Trinajstić information content (AvgIpc) is 3.14. The van der Waals surface area contributed by atoms with Crippen LogP contribution < -0.4 is 0 Å². The van der Waals surface area contributed by atoms with Gasteiger partial charge in [-0.2, -0.15) is 0 Å². The van der Waals surface area contributed by atoms with Gasteiger partial charge in [-0.1, -0.05) is 37.2 Å². The molecule has 2 fully saturated rings. The Hall–Kier alpha value is -1.82. The van der Waals surface area contributed by atoms with Crippen LogP contribution in [0.3, 0.4) is 0 Å². The summed E-state index contributed by atoms with van der Waals surface area (Å²) in [7, 11) is 0. The topological polar surface area (TPSA) is 57.7 Å². The summed E-state index contributed by atoms with van der Waals surface area (Å²) in [6.45, 7) is 3.15. The zero-order valence-corrected chi connectivity index (χ0v) is 14.0. The molecule has 0 unspecified atom stereocenters. The standard InChI is InChI=1S/C17H20N2O3S/c1-2-3-12-4-6-13(7-5-12)16(21)18-9-8-14(10-18)19-15(20)11-23-17(19)22/h4-7,14H,2-3,8-11H2,1H3/t14-/m0/s1. The molecular formula is C17H20N2O3S. The molecule has 0 spiro atoms. The van der Waals surface area contributed by atoms with Crippen molar-refractivity contribution in [1.29, 1.82) is 0 Å². The highest BCUT2D eigenvalue weighted by molar-refractivity contribution is 8.14. The zero-order valence-electron chi connectivity index (χ0n) is 13.2. The maximum absolute atomic E-state index is 12.6. The van der Waals surface area contributed by atoms with Crippen LogP contribution in [0.5, 0.6) is 0 Å². The molecule has 5 nitrogen and oxygen atoms in total. The lowest BCUT2D eigenvalue weighted by Gasteiger charge is -2.22. The van der Waals surface area contributed by atoms with Gasteiger partial charge in [0.15, 0.2) is 0 Å². The number of likely N-dealkylation sites (tertiary alicyclic amines) is 1. The molecule has 0 saturated carbocycles. The summed E-state index contributed by atoms with van der Waals surface area (Å²) in [5, 5.41) is -0.182. The predicted octanol–water partition coefficient (Wildman–Crippen LogP) is 2.55. The molecule has 2 aliphatic rings. The molecule has 0 aromatic heterocycles. The fourth-order valence-electron chi connectivity index (χ4n) is 3.14. The molecule has 1 aromatic carbocycles. The summed E-state index contributed by atoms with van der Waals surface area (Å²) in [6.07, 6.45) is 2.76. The van der Waals surface area contributed by atoms with E-state index in [1.807, 2.05) is 24.3 Å². The molecular weight excluding hydrogens is 312 g/mol. The lowest BCUT2D eigenvalue weighted by molar-refractivity contribution is -0.126. The smallest absolute Gasteiger partial charge is 0.289 e. The van der Waals surface area contributed by atoms with Crippen LogP contribution >= 0.6 is 11.8 Å². The Balaban J connectivity index is 1.65. The van der Waals surface area contributed by atoms with E-state index in [1.54, 1.807) is 4.90 Å². The van der Waals surface area contributed by atoms with E-state index in [4.69, 9.17) is 0 Å². The van der Waals surface area contributed by atoms with Crippen molar-refractivity contribution in [3.63, 3.8) is 0 Å². The Morgan fingerprint density at radius 3 is 2.61 bits per heavy atom. The van der Waals surface area contributed by atoms with Gasteiger partial charge in [0, 0.05) is 18.7 Å². The summed E-state index contributed by atoms with van der Waals surface area (Å²) >= 11 is 1.05. The number of aryl methyl sites for hydroxylation is 1. The quantitative estimate of drug-likeness (QED) is 0.850. The number of benzene rings is 1. The third-order valence-corrected chi connectivity index (χ3v) is 5.17. The SMILES string of the molecule is CCCc1ccc(C(=O)N2CC[C@H](N3C(=O)CSC3=O)C2)cc1. The minimum Gasteiger partial charge on any atom is -0.336 e. The maximum Gasteiger partial charge on any atom is 0.289 e. The van der Waals surface area contributed by atoms with Gasteiger partial charge < -0.3 is 4.90 Å². The molecule has 0 radical (unpaired) electrons. The largest absolute Gasteiger partial charge is 0.336 e. The lowest BCUT2D eigenvalue weighted by atomic mass is 10.1. The van der Waals surface area contributed by atoms with Crippen molar-refractivity contribution in [2.24, 2.45) is 0 Å². The number of hydrogen-bond acceptors (Lipinski definition) is 4. The van der Waals surface area contributed by atoms with E-state index in [9.17, 15) is 14.4 Å². The number of amides is 3. The average molecular weight is 332 g/mol. The van der Waals surface area contributed by atoms with Gasteiger partial charge in [0.25, 0.3) is 11.1 Å². The number of carbonyl (C=O) groups excluding carboxylic acids is 3. The Bertz CT molecular complexity index is 613. The number of rotatable bonds is 4. The summed E-state index contributed by atoms with van der Waals surface area (Å²) in [5.41, 5.74) is 1.90. The third kappa shape index (κ3) is 3.27. The molecule has 0 N–H and O–H groups in total. The zero-order chi connectivity index (χ0) is 16.4. The predicted molar refractivity (Wildman–Crippen MR) is 89.4 cm³/mol. The van der Waals surface area contributed by atoms with Crippen LogP contribution in [0, 0.1) is 0 Å². The van der Waals surface area contributed by atoms with Crippen molar-refractivity contribution < 1.29 is 14.4 Å². The van der Waals surface area contributed by atoms with Crippen molar-refractivity contribution >= 4 is 28.8 Å². The summed E-state index contributed by atoms with van der Waals surface area (Å²) < 4.78 is 0. The van der Waals surface area contributed by atoms with Gasteiger partial charge in [0.05, 0.1) is 11.8 Å². The first-order valence-electron chi connectivity index (χ1n) is 7.97. The molecule has 23 heavy (non-hydrogen) atoms. The monoisotopic (exact) mass is 332 g/mol. The molecule has 3 rings (SSSR count).